The zero-order chi connectivity index (χ0) is 19.2. The predicted octanol–water partition coefficient (Wildman–Crippen LogP) is 3.83. The number of methoxy groups -OCH3 is 1. The monoisotopic (exact) mass is 514 g/mol. The summed E-state index contributed by atoms with van der Waals surface area (Å²) in [6.45, 7) is 6.10. The summed E-state index contributed by atoms with van der Waals surface area (Å²) in [5, 5.41) is 5.75. The number of hydrogen-bond donors (Lipinski definition) is 1. The van der Waals surface area contributed by atoms with Gasteiger partial charge in [-0.25, -0.2) is 0 Å². The number of ether oxygens (including phenoxy) is 1. The molecule has 0 fully saturated rings. The van der Waals surface area contributed by atoms with Crippen LogP contribution in [0.15, 0.2) is 40.7 Å². The van der Waals surface area contributed by atoms with Crippen LogP contribution in [-0.2, 0) is 19.5 Å². The molecule has 1 aromatic carbocycles. The van der Waals surface area contributed by atoms with Crippen LogP contribution in [0.5, 0.6) is 5.75 Å². The standard InChI is InChI=1S/C21H30N4OS.HI/c1-16(25-11-9-20-18(15-25)10-12-27-20)13-23-21(22-2)24(3)14-17-7-5-6-8-19(17)26-4;/h5-8,10,12,16H,9,11,13-15H2,1-4H3,(H,22,23);1H. The van der Waals surface area contributed by atoms with Crippen molar-refractivity contribution in [1.29, 1.82) is 0 Å². The Morgan fingerprint density at radius 2 is 2.14 bits per heavy atom. The number of rotatable bonds is 6. The molecule has 7 heteroatoms. The number of benzene rings is 1. The van der Waals surface area contributed by atoms with Crippen LogP contribution in [0.4, 0.5) is 0 Å². The van der Waals surface area contributed by atoms with Gasteiger partial charge in [0.15, 0.2) is 5.96 Å². The molecule has 5 nitrogen and oxygen atoms in total. The van der Waals surface area contributed by atoms with Crippen molar-refractivity contribution < 1.29 is 4.74 Å². The molecule has 1 aliphatic heterocycles. The Hall–Kier alpha value is -1.32. The summed E-state index contributed by atoms with van der Waals surface area (Å²) in [7, 11) is 5.61. The molecular weight excluding hydrogens is 483 g/mol. The van der Waals surface area contributed by atoms with Gasteiger partial charge in [0.05, 0.1) is 7.11 Å². The second-order valence-corrected chi connectivity index (χ2v) is 8.04. The van der Waals surface area contributed by atoms with Crippen LogP contribution in [0.3, 0.4) is 0 Å². The first kappa shape index (κ1) is 23.0. The number of para-hydroxylation sites is 1. The Labute approximate surface area is 189 Å². The van der Waals surface area contributed by atoms with Gasteiger partial charge in [0, 0.05) is 56.8 Å². The smallest absolute Gasteiger partial charge is 0.193 e. The van der Waals surface area contributed by atoms with Gasteiger partial charge in [0.2, 0.25) is 0 Å². The number of aliphatic imine (C=N–C) groups is 1. The van der Waals surface area contributed by atoms with Crippen molar-refractivity contribution in [1.82, 2.24) is 15.1 Å². The average molecular weight is 514 g/mol. The van der Waals surface area contributed by atoms with Gasteiger partial charge >= 0.3 is 0 Å². The molecule has 154 valence electrons. The van der Waals surface area contributed by atoms with E-state index in [1.807, 2.05) is 36.6 Å². The van der Waals surface area contributed by atoms with Crippen LogP contribution in [0.25, 0.3) is 0 Å². The third-order valence-electron chi connectivity index (χ3n) is 5.19. The second-order valence-electron chi connectivity index (χ2n) is 7.03. The van der Waals surface area contributed by atoms with Crippen LogP contribution >= 0.6 is 35.3 Å². The summed E-state index contributed by atoms with van der Waals surface area (Å²) < 4.78 is 5.47. The normalized spacial score (nSPS) is 15.4. The minimum absolute atomic E-state index is 0. The molecule has 28 heavy (non-hydrogen) atoms. The molecule has 3 rings (SSSR count). The van der Waals surface area contributed by atoms with Gasteiger partial charge in [-0.2, -0.15) is 0 Å². The highest BCUT2D eigenvalue weighted by Gasteiger charge is 2.21. The molecule has 0 spiro atoms. The molecule has 0 amide bonds. The summed E-state index contributed by atoms with van der Waals surface area (Å²) in [5.74, 6) is 1.81. The molecule has 1 aromatic heterocycles. The molecule has 2 heterocycles. The SMILES string of the molecule is CN=C(NCC(C)N1CCc2sccc2C1)N(C)Cc1ccccc1OC.I. The number of halogens is 1. The largest absolute Gasteiger partial charge is 0.496 e. The minimum atomic E-state index is 0. The summed E-state index contributed by atoms with van der Waals surface area (Å²) in [6, 6.07) is 10.8. The van der Waals surface area contributed by atoms with Gasteiger partial charge in [0.1, 0.15) is 5.75 Å². The first-order chi connectivity index (χ1) is 13.1. The highest BCUT2D eigenvalue weighted by Crippen LogP contribution is 2.25. The molecule has 1 aliphatic rings. The molecule has 1 N–H and O–H groups in total. The predicted molar refractivity (Wildman–Crippen MR) is 129 cm³/mol. The van der Waals surface area contributed by atoms with E-state index >= 15 is 0 Å². The molecular formula is C21H31IN4OS. The third kappa shape index (κ3) is 5.61. The van der Waals surface area contributed by atoms with E-state index in [1.54, 1.807) is 12.0 Å². The lowest BCUT2D eigenvalue weighted by atomic mass is 10.1. The summed E-state index contributed by atoms with van der Waals surface area (Å²) >= 11 is 1.89. The average Bonchev–Trinajstić information content (AvgIpc) is 3.16. The fourth-order valence-electron chi connectivity index (χ4n) is 3.56. The first-order valence-corrected chi connectivity index (χ1v) is 10.3. The van der Waals surface area contributed by atoms with E-state index in [1.165, 1.54) is 12.0 Å². The maximum absolute atomic E-state index is 5.47. The van der Waals surface area contributed by atoms with Crippen molar-refractivity contribution in [2.45, 2.75) is 32.5 Å². The molecule has 0 radical (unpaired) electrons. The number of hydrogen-bond acceptors (Lipinski definition) is 4. The van der Waals surface area contributed by atoms with Crippen molar-refractivity contribution in [2.24, 2.45) is 4.99 Å². The zero-order valence-corrected chi connectivity index (χ0v) is 20.3. The summed E-state index contributed by atoms with van der Waals surface area (Å²) in [5.41, 5.74) is 2.65. The van der Waals surface area contributed by atoms with Crippen molar-refractivity contribution in [3.8, 4) is 5.75 Å². The van der Waals surface area contributed by atoms with E-state index in [-0.39, 0.29) is 24.0 Å². The van der Waals surface area contributed by atoms with Crippen molar-refractivity contribution in [2.75, 3.05) is 34.3 Å². The number of nitrogens with zero attached hydrogens (tertiary/aromatic N) is 3. The quantitative estimate of drug-likeness (QED) is 0.362. The Morgan fingerprint density at radius 1 is 1.36 bits per heavy atom. The van der Waals surface area contributed by atoms with Gasteiger partial charge in [-0.1, -0.05) is 18.2 Å². The lowest BCUT2D eigenvalue weighted by Crippen LogP contribution is -2.47. The molecule has 2 aromatic rings. The number of guanidine groups is 1. The fraction of sp³-hybridized carbons (Fsp3) is 0.476. The van der Waals surface area contributed by atoms with E-state index in [9.17, 15) is 0 Å². The van der Waals surface area contributed by atoms with Crippen LogP contribution < -0.4 is 10.1 Å². The van der Waals surface area contributed by atoms with E-state index in [4.69, 9.17) is 4.74 Å². The van der Waals surface area contributed by atoms with Gasteiger partial charge in [-0.3, -0.25) is 9.89 Å². The second kappa shape index (κ2) is 11.0. The van der Waals surface area contributed by atoms with Gasteiger partial charge < -0.3 is 15.0 Å². The third-order valence-corrected chi connectivity index (χ3v) is 6.21. The number of nitrogens with one attached hydrogen (secondary N) is 1. The van der Waals surface area contributed by atoms with Crippen LogP contribution in [-0.4, -0.2) is 56.1 Å². The number of fused-ring (bicyclic) bond motifs is 1. The summed E-state index contributed by atoms with van der Waals surface area (Å²) in [6.07, 6.45) is 1.17. The van der Waals surface area contributed by atoms with Crippen molar-refractivity contribution >= 4 is 41.3 Å². The molecule has 0 aliphatic carbocycles. The Balaban J connectivity index is 0.00000280. The van der Waals surface area contributed by atoms with E-state index in [0.29, 0.717) is 6.04 Å². The summed E-state index contributed by atoms with van der Waals surface area (Å²) in [4.78, 5) is 10.7. The van der Waals surface area contributed by atoms with Gasteiger partial charge in [0.25, 0.3) is 0 Å². The molecule has 0 saturated heterocycles. The Morgan fingerprint density at radius 3 is 2.89 bits per heavy atom. The maximum atomic E-state index is 5.47. The van der Waals surface area contributed by atoms with Crippen molar-refractivity contribution in [3.63, 3.8) is 0 Å². The van der Waals surface area contributed by atoms with Gasteiger partial charge in [-0.05, 0) is 36.4 Å². The van der Waals surface area contributed by atoms with Crippen LogP contribution in [0.1, 0.15) is 22.9 Å². The maximum Gasteiger partial charge on any atom is 0.193 e. The van der Waals surface area contributed by atoms with Gasteiger partial charge in [-0.15, -0.1) is 35.3 Å². The fourth-order valence-corrected chi connectivity index (χ4v) is 4.45. The minimum Gasteiger partial charge on any atom is -0.496 e. The van der Waals surface area contributed by atoms with Crippen molar-refractivity contribution in [3.05, 3.63) is 51.7 Å². The topological polar surface area (TPSA) is 40.1 Å². The lowest BCUT2D eigenvalue weighted by Gasteiger charge is -2.33. The van der Waals surface area contributed by atoms with E-state index in [2.05, 4.69) is 51.6 Å². The molecule has 0 bridgehead atoms. The molecule has 1 unspecified atom stereocenters. The zero-order valence-electron chi connectivity index (χ0n) is 17.1. The highest BCUT2D eigenvalue weighted by atomic mass is 127. The first-order valence-electron chi connectivity index (χ1n) is 9.45. The molecule has 1 atom stereocenters. The Bertz CT molecular complexity index is 779. The lowest BCUT2D eigenvalue weighted by molar-refractivity contribution is 0.192. The molecule has 0 saturated carbocycles. The van der Waals surface area contributed by atoms with Crippen LogP contribution in [0.2, 0.25) is 0 Å². The van der Waals surface area contributed by atoms with E-state index in [0.717, 1.165) is 43.5 Å². The number of thiophene rings is 1. The van der Waals surface area contributed by atoms with Crippen LogP contribution in [0, 0.1) is 0 Å². The van der Waals surface area contributed by atoms with E-state index < -0.39 is 0 Å². The highest BCUT2D eigenvalue weighted by molar-refractivity contribution is 14.0. The Kier molecular flexibility index (Phi) is 9.04.